The number of aliphatic carboxylic acids is 1. The van der Waals surface area contributed by atoms with Gasteiger partial charge in [0, 0.05) is 6.04 Å². The van der Waals surface area contributed by atoms with Crippen LogP contribution in [0, 0.1) is 5.92 Å². The van der Waals surface area contributed by atoms with Gasteiger partial charge in [0.2, 0.25) is 5.91 Å². The van der Waals surface area contributed by atoms with Crippen LogP contribution in [0.3, 0.4) is 0 Å². The molecule has 1 aromatic carbocycles. The standard InChI is InChI=1S/C15H16F3NO4/c16-15(17,18)23-10-6-4-9(5-7-10)8-13(20)19-12-3-1-2-11(12)14(21)22/h4-7,11-12H,1-3,8H2,(H,19,20)(H,21,22)/t11-,12+/m1/s1. The van der Waals surface area contributed by atoms with Crippen molar-refractivity contribution in [3.8, 4) is 5.75 Å². The number of carbonyl (C=O) groups is 2. The Bertz CT molecular complexity index is 571. The molecule has 0 aromatic heterocycles. The Morgan fingerprint density at radius 3 is 2.43 bits per heavy atom. The molecule has 5 nitrogen and oxygen atoms in total. The Morgan fingerprint density at radius 2 is 1.87 bits per heavy atom. The third kappa shape index (κ3) is 5.15. The van der Waals surface area contributed by atoms with Crippen LogP contribution >= 0.6 is 0 Å². The second-order valence-corrected chi connectivity index (χ2v) is 5.42. The topological polar surface area (TPSA) is 75.6 Å². The van der Waals surface area contributed by atoms with Crippen molar-refractivity contribution in [1.29, 1.82) is 0 Å². The predicted octanol–water partition coefficient (Wildman–Crippen LogP) is 2.50. The number of carbonyl (C=O) groups excluding carboxylic acids is 1. The minimum atomic E-state index is -4.76. The maximum absolute atomic E-state index is 12.0. The highest BCUT2D eigenvalue weighted by Gasteiger charge is 2.34. The van der Waals surface area contributed by atoms with Gasteiger partial charge in [0.05, 0.1) is 12.3 Å². The highest BCUT2D eigenvalue weighted by molar-refractivity contribution is 5.80. The fraction of sp³-hybridized carbons (Fsp3) is 0.467. The summed E-state index contributed by atoms with van der Waals surface area (Å²) >= 11 is 0. The van der Waals surface area contributed by atoms with Crippen molar-refractivity contribution in [2.45, 2.75) is 38.1 Å². The molecule has 23 heavy (non-hydrogen) atoms. The van der Waals surface area contributed by atoms with E-state index in [1.54, 1.807) is 0 Å². The van der Waals surface area contributed by atoms with Crippen LogP contribution in [0.1, 0.15) is 24.8 Å². The SMILES string of the molecule is O=C(Cc1ccc(OC(F)(F)F)cc1)N[C@H]1CCC[C@H]1C(=O)O. The number of alkyl halides is 3. The zero-order valence-electron chi connectivity index (χ0n) is 12.1. The minimum Gasteiger partial charge on any atom is -0.481 e. The van der Waals surface area contributed by atoms with E-state index in [-0.39, 0.29) is 18.1 Å². The summed E-state index contributed by atoms with van der Waals surface area (Å²) in [5, 5.41) is 11.7. The van der Waals surface area contributed by atoms with Crippen molar-refractivity contribution in [2.24, 2.45) is 5.92 Å². The first-order chi connectivity index (χ1) is 10.7. The Hall–Kier alpha value is -2.25. The van der Waals surface area contributed by atoms with Crippen molar-refractivity contribution in [3.05, 3.63) is 29.8 Å². The number of rotatable bonds is 5. The fourth-order valence-electron chi connectivity index (χ4n) is 2.68. The number of amides is 1. The van der Waals surface area contributed by atoms with Crippen LogP contribution in [0.5, 0.6) is 5.75 Å². The second-order valence-electron chi connectivity index (χ2n) is 5.42. The molecule has 1 fully saturated rings. The Balaban J connectivity index is 1.89. The Morgan fingerprint density at radius 1 is 1.22 bits per heavy atom. The molecule has 2 atom stereocenters. The molecule has 126 valence electrons. The van der Waals surface area contributed by atoms with E-state index < -0.39 is 24.3 Å². The molecular formula is C15H16F3NO4. The zero-order chi connectivity index (χ0) is 17.0. The van der Waals surface area contributed by atoms with Crippen LogP contribution in [0.25, 0.3) is 0 Å². The lowest BCUT2D eigenvalue weighted by Gasteiger charge is -2.17. The molecule has 0 aliphatic heterocycles. The summed E-state index contributed by atoms with van der Waals surface area (Å²) in [4.78, 5) is 23.0. The van der Waals surface area contributed by atoms with Crippen LogP contribution in [0.15, 0.2) is 24.3 Å². The number of halogens is 3. The van der Waals surface area contributed by atoms with Crippen molar-refractivity contribution in [1.82, 2.24) is 5.32 Å². The number of nitrogens with one attached hydrogen (secondary N) is 1. The normalized spacial score (nSPS) is 21.0. The maximum Gasteiger partial charge on any atom is 0.573 e. The summed E-state index contributed by atoms with van der Waals surface area (Å²) in [6.07, 6.45) is -2.90. The first-order valence-electron chi connectivity index (χ1n) is 7.11. The average molecular weight is 331 g/mol. The molecule has 1 saturated carbocycles. The van der Waals surface area contributed by atoms with E-state index in [2.05, 4.69) is 10.1 Å². The maximum atomic E-state index is 12.0. The molecule has 0 bridgehead atoms. The number of hydrogen-bond donors (Lipinski definition) is 2. The number of benzene rings is 1. The van der Waals surface area contributed by atoms with Gasteiger partial charge in [-0.1, -0.05) is 18.6 Å². The molecule has 2 rings (SSSR count). The summed E-state index contributed by atoms with van der Waals surface area (Å²) in [5.41, 5.74) is 0.516. The Labute approximate surface area is 130 Å². The molecule has 1 aromatic rings. The van der Waals surface area contributed by atoms with E-state index in [0.29, 0.717) is 18.4 Å². The number of hydrogen-bond acceptors (Lipinski definition) is 3. The lowest BCUT2D eigenvalue weighted by atomic mass is 10.0. The van der Waals surface area contributed by atoms with Crippen molar-refractivity contribution in [2.75, 3.05) is 0 Å². The molecule has 0 heterocycles. The lowest BCUT2D eigenvalue weighted by Crippen LogP contribution is -2.40. The molecule has 0 spiro atoms. The second kappa shape index (κ2) is 6.89. The quantitative estimate of drug-likeness (QED) is 0.869. The first kappa shape index (κ1) is 17.1. The van der Waals surface area contributed by atoms with Crippen molar-refractivity contribution < 1.29 is 32.6 Å². The van der Waals surface area contributed by atoms with Crippen LogP contribution in [0.4, 0.5) is 13.2 Å². The van der Waals surface area contributed by atoms with Crippen LogP contribution in [-0.4, -0.2) is 29.4 Å². The summed E-state index contributed by atoms with van der Waals surface area (Å²) in [7, 11) is 0. The van der Waals surface area contributed by atoms with Gasteiger partial charge in [-0.05, 0) is 30.5 Å². The van der Waals surface area contributed by atoms with Gasteiger partial charge in [0.15, 0.2) is 0 Å². The zero-order valence-corrected chi connectivity index (χ0v) is 12.1. The molecular weight excluding hydrogens is 315 g/mol. The van der Waals surface area contributed by atoms with E-state index >= 15 is 0 Å². The number of carboxylic acid groups (broad SMARTS) is 1. The van der Waals surface area contributed by atoms with Crippen molar-refractivity contribution >= 4 is 11.9 Å². The summed E-state index contributed by atoms with van der Waals surface area (Å²) in [6, 6.07) is 4.60. The van der Waals surface area contributed by atoms with Gasteiger partial charge in [-0.2, -0.15) is 0 Å². The molecule has 1 aliphatic rings. The molecule has 1 aliphatic carbocycles. The first-order valence-corrected chi connectivity index (χ1v) is 7.11. The van der Waals surface area contributed by atoms with Crippen molar-refractivity contribution in [3.63, 3.8) is 0 Å². The van der Waals surface area contributed by atoms with Gasteiger partial charge >= 0.3 is 12.3 Å². The van der Waals surface area contributed by atoms with E-state index in [0.717, 1.165) is 18.6 Å². The highest BCUT2D eigenvalue weighted by Crippen LogP contribution is 2.26. The molecule has 2 N–H and O–H groups in total. The largest absolute Gasteiger partial charge is 0.573 e. The molecule has 0 unspecified atom stereocenters. The van der Waals surface area contributed by atoms with E-state index in [4.69, 9.17) is 5.11 Å². The molecule has 0 saturated heterocycles. The van der Waals surface area contributed by atoms with Gasteiger partial charge in [-0.3, -0.25) is 9.59 Å². The van der Waals surface area contributed by atoms with Crippen LogP contribution < -0.4 is 10.1 Å². The van der Waals surface area contributed by atoms with E-state index in [1.807, 2.05) is 0 Å². The van der Waals surface area contributed by atoms with Gasteiger partial charge in [-0.25, -0.2) is 0 Å². The van der Waals surface area contributed by atoms with Gasteiger partial charge in [-0.15, -0.1) is 13.2 Å². The predicted molar refractivity (Wildman–Crippen MR) is 73.7 cm³/mol. The van der Waals surface area contributed by atoms with Crippen LogP contribution in [-0.2, 0) is 16.0 Å². The third-order valence-corrected chi connectivity index (χ3v) is 3.70. The number of carboxylic acids is 1. The third-order valence-electron chi connectivity index (χ3n) is 3.70. The summed E-state index contributed by atoms with van der Waals surface area (Å²) < 4.78 is 39.9. The van der Waals surface area contributed by atoms with Gasteiger partial charge in [0.1, 0.15) is 5.75 Å². The molecule has 8 heteroatoms. The average Bonchev–Trinajstić information content (AvgIpc) is 2.87. The van der Waals surface area contributed by atoms with E-state index in [9.17, 15) is 22.8 Å². The summed E-state index contributed by atoms with van der Waals surface area (Å²) in [5.74, 6) is -2.22. The van der Waals surface area contributed by atoms with Gasteiger partial charge < -0.3 is 15.2 Å². The lowest BCUT2D eigenvalue weighted by molar-refractivity contribution is -0.274. The molecule has 0 radical (unpaired) electrons. The highest BCUT2D eigenvalue weighted by atomic mass is 19.4. The summed E-state index contributed by atoms with van der Waals surface area (Å²) in [6.45, 7) is 0. The smallest absolute Gasteiger partial charge is 0.481 e. The molecule has 1 amide bonds. The monoisotopic (exact) mass is 331 g/mol. The minimum absolute atomic E-state index is 0.0326. The van der Waals surface area contributed by atoms with Gasteiger partial charge in [0.25, 0.3) is 0 Å². The van der Waals surface area contributed by atoms with Crippen LogP contribution in [0.2, 0.25) is 0 Å². The van der Waals surface area contributed by atoms with E-state index in [1.165, 1.54) is 12.1 Å². The Kier molecular flexibility index (Phi) is 5.12. The number of ether oxygens (including phenoxy) is 1. The fourth-order valence-corrected chi connectivity index (χ4v) is 2.68.